The summed E-state index contributed by atoms with van der Waals surface area (Å²) in [7, 11) is 0. The number of carbonyl (C=O) groups excluding carboxylic acids is 1. The minimum absolute atomic E-state index is 0.121. The molecule has 0 saturated carbocycles. The highest BCUT2D eigenvalue weighted by Gasteiger charge is 2.16. The van der Waals surface area contributed by atoms with Gasteiger partial charge in [-0.1, -0.05) is 13.3 Å². The van der Waals surface area contributed by atoms with Gasteiger partial charge in [-0.2, -0.15) is 0 Å². The number of nitrogens with zero attached hydrogens (tertiary/aromatic N) is 1. The van der Waals surface area contributed by atoms with E-state index in [1.807, 2.05) is 19.1 Å². The molecule has 4 heteroatoms. The Hall–Kier alpha value is -2.07. The zero-order chi connectivity index (χ0) is 16.6. The third-order valence-electron chi connectivity index (χ3n) is 4.16. The molecule has 0 spiro atoms. The zero-order valence-electron chi connectivity index (χ0n) is 13.7. The number of fused-ring (bicyclic) bond motifs is 1. The van der Waals surface area contributed by atoms with Crippen molar-refractivity contribution in [2.75, 3.05) is 0 Å². The van der Waals surface area contributed by atoms with Crippen molar-refractivity contribution in [2.24, 2.45) is 0 Å². The number of thiophene rings is 1. The first kappa shape index (κ1) is 15.8. The van der Waals surface area contributed by atoms with Crippen molar-refractivity contribution < 1.29 is 9.90 Å². The van der Waals surface area contributed by atoms with Crippen molar-refractivity contribution in [1.82, 2.24) is 4.57 Å². The van der Waals surface area contributed by atoms with Crippen molar-refractivity contribution in [1.29, 1.82) is 0 Å². The highest BCUT2D eigenvalue weighted by atomic mass is 32.1. The van der Waals surface area contributed by atoms with Gasteiger partial charge in [0.25, 0.3) is 0 Å². The molecule has 0 atom stereocenters. The number of aromatic nitrogens is 1. The molecule has 0 saturated heterocycles. The van der Waals surface area contributed by atoms with Gasteiger partial charge in [0.1, 0.15) is 5.75 Å². The lowest BCUT2D eigenvalue weighted by atomic mass is 10.1. The molecule has 1 N–H and O–H groups in total. The van der Waals surface area contributed by atoms with Crippen LogP contribution in [-0.2, 0) is 6.54 Å². The Kier molecular flexibility index (Phi) is 4.26. The van der Waals surface area contributed by atoms with E-state index in [4.69, 9.17) is 0 Å². The van der Waals surface area contributed by atoms with Gasteiger partial charge < -0.3 is 9.67 Å². The summed E-state index contributed by atoms with van der Waals surface area (Å²) in [5.74, 6) is 0.411. The maximum absolute atomic E-state index is 11.7. The van der Waals surface area contributed by atoms with Gasteiger partial charge in [-0.3, -0.25) is 4.79 Å². The molecule has 0 bridgehead atoms. The van der Waals surface area contributed by atoms with E-state index in [9.17, 15) is 9.90 Å². The van der Waals surface area contributed by atoms with Gasteiger partial charge in [0, 0.05) is 12.1 Å². The molecular weight excluding hydrogens is 306 g/mol. The van der Waals surface area contributed by atoms with Crippen LogP contribution in [0.25, 0.3) is 21.5 Å². The number of carbonyl (C=O) groups is 1. The van der Waals surface area contributed by atoms with Crippen LogP contribution >= 0.6 is 11.3 Å². The van der Waals surface area contributed by atoms with Crippen LogP contribution in [0.3, 0.4) is 0 Å². The van der Waals surface area contributed by atoms with Gasteiger partial charge in [0.15, 0.2) is 5.78 Å². The lowest BCUT2D eigenvalue weighted by molar-refractivity contribution is 0.102. The Labute approximate surface area is 140 Å². The fraction of sp³-hybridized carbons (Fsp3) is 0.316. The minimum Gasteiger partial charge on any atom is -0.508 e. The van der Waals surface area contributed by atoms with Crippen molar-refractivity contribution in [3.8, 4) is 17.0 Å². The molecule has 2 heterocycles. The molecule has 0 aliphatic carbocycles. The van der Waals surface area contributed by atoms with Crippen molar-refractivity contribution >= 4 is 27.3 Å². The second kappa shape index (κ2) is 6.20. The molecule has 3 aromatic rings. The van der Waals surface area contributed by atoms with Gasteiger partial charge in [-0.25, -0.2) is 0 Å². The minimum atomic E-state index is 0.121. The molecular formula is C19H21NO2S. The first-order chi connectivity index (χ1) is 11.0. The average Bonchev–Trinajstić information content (AvgIpc) is 3.03. The molecule has 3 nitrogen and oxygen atoms in total. The number of aromatic hydroxyl groups is 1. The first-order valence-corrected chi connectivity index (χ1v) is 8.77. The molecule has 0 radical (unpaired) electrons. The fourth-order valence-corrected chi connectivity index (χ4v) is 3.93. The predicted octanol–water partition coefficient (Wildman–Crippen LogP) is 5.39. The molecule has 0 aliphatic heterocycles. The topological polar surface area (TPSA) is 42.2 Å². The largest absolute Gasteiger partial charge is 0.508 e. The van der Waals surface area contributed by atoms with E-state index in [1.165, 1.54) is 0 Å². The van der Waals surface area contributed by atoms with Crippen LogP contribution in [0.4, 0.5) is 0 Å². The third kappa shape index (κ3) is 2.91. The molecule has 120 valence electrons. The van der Waals surface area contributed by atoms with Crippen LogP contribution in [-0.4, -0.2) is 15.5 Å². The number of ketones is 1. The number of hydrogen-bond acceptors (Lipinski definition) is 3. The summed E-state index contributed by atoms with van der Waals surface area (Å²) in [6, 6.07) is 9.67. The zero-order valence-corrected chi connectivity index (χ0v) is 14.5. The van der Waals surface area contributed by atoms with Crippen molar-refractivity contribution in [2.45, 2.75) is 40.2 Å². The second-order valence-corrected chi connectivity index (χ2v) is 7.03. The highest BCUT2D eigenvalue weighted by molar-refractivity contribution is 7.20. The van der Waals surface area contributed by atoms with Crippen LogP contribution in [0.15, 0.2) is 30.3 Å². The summed E-state index contributed by atoms with van der Waals surface area (Å²) >= 11 is 1.56. The van der Waals surface area contributed by atoms with E-state index in [2.05, 4.69) is 17.6 Å². The average molecular weight is 327 g/mol. The monoisotopic (exact) mass is 327 g/mol. The summed E-state index contributed by atoms with van der Waals surface area (Å²) < 4.78 is 3.45. The maximum atomic E-state index is 11.7. The Morgan fingerprint density at radius 1 is 1.26 bits per heavy atom. The summed E-state index contributed by atoms with van der Waals surface area (Å²) in [6.07, 6.45) is 2.22. The van der Waals surface area contributed by atoms with E-state index in [0.717, 1.165) is 51.3 Å². The number of unbranched alkanes of at least 4 members (excludes halogenated alkanes) is 1. The Bertz CT molecular complexity index is 873. The Morgan fingerprint density at radius 3 is 2.70 bits per heavy atom. The smallest absolute Gasteiger partial charge is 0.169 e. The highest BCUT2D eigenvalue weighted by Crippen LogP contribution is 2.36. The summed E-state index contributed by atoms with van der Waals surface area (Å²) in [5.41, 5.74) is 4.48. The molecule has 2 aromatic heterocycles. The Morgan fingerprint density at radius 2 is 2.04 bits per heavy atom. The van der Waals surface area contributed by atoms with Crippen LogP contribution < -0.4 is 0 Å². The standard InChI is InChI=1S/C19H21NO2S/c1-4-5-8-20-16(15-7-6-14(22)9-12(15)2)10-19-17(20)11-18(23-19)13(3)21/h6-7,9-11,22H,4-5,8H2,1-3H3. The second-order valence-electron chi connectivity index (χ2n) is 5.95. The third-order valence-corrected chi connectivity index (χ3v) is 5.33. The Balaban J connectivity index is 2.18. The van der Waals surface area contributed by atoms with E-state index >= 15 is 0 Å². The van der Waals surface area contributed by atoms with Crippen LogP contribution in [0, 0.1) is 6.92 Å². The SMILES string of the molecule is CCCCn1c(-c2ccc(O)cc2C)cc2sc(C(C)=O)cc21. The van der Waals surface area contributed by atoms with Gasteiger partial charge >= 0.3 is 0 Å². The van der Waals surface area contributed by atoms with E-state index in [-0.39, 0.29) is 5.78 Å². The number of rotatable bonds is 5. The first-order valence-electron chi connectivity index (χ1n) is 7.95. The number of phenols is 1. The molecule has 1 aromatic carbocycles. The number of hydrogen-bond donors (Lipinski definition) is 1. The van der Waals surface area contributed by atoms with E-state index < -0.39 is 0 Å². The normalized spacial score (nSPS) is 11.3. The van der Waals surface area contributed by atoms with Gasteiger partial charge in [0.2, 0.25) is 0 Å². The van der Waals surface area contributed by atoms with Gasteiger partial charge in [0.05, 0.1) is 20.8 Å². The van der Waals surface area contributed by atoms with E-state index in [1.54, 1.807) is 30.4 Å². The van der Waals surface area contributed by atoms with Crippen LogP contribution in [0.1, 0.15) is 41.9 Å². The summed E-state index contributed by atoms with van der Waals surface area (Å²) in [6.45, 7) is 6.75. The molecule has 23 heavy (non-hydrogen) atoms. The summed E-state index contributed by atoms with van der Waals surface area (Å²) in [5, 5.41) is 9.65. The number of aryl methyl sites for hydroxylation is 2. The van der Waals surface area contributed by atoms with Gasteiger partial charge in [-0.05, 0) is 56.2 Å². The lowest BCUT2D eigenvalue weighted by Crippen LogP contribution is -2.00. The molecule has 0 unspecified atom stereocenters. The number of benzene rings is 1. The predicted molar refractivity (Wildman–Crippen MR) is 96.6 cm³/mol. The van der Waals surface area contributed by atoms with Crippen molar-refractivity contribution in [3.63, 3.8) is 0 Å². The lowest BCUT2D eigenvalue weighted by Gasteiger charge is -2.12. The molecule has 0 aliphatic rings. The number of Topliss-reactive ketones (excluding diaryl/α,β-unsaturated/α-hetero) is 1. The molecule has 0 amide bonds. The summed E-state index contributed by atoms with van der Waals surface area (Å²) in [4.78, 5) is 12.5. The van der Waals surface area contributed by atoms with Crippen LogP contribution in [0.2, 0.25) is 0 Å². The maximum Gasteiger partial charge on any atom is 0.169 e. The molecule has 0 fully saturated rings. The van der Waals surface area contributed by atoms with Crippen LogP contribution in [0.5, 0.6) is 5.75 Å². The van der Waals surface area contributed by atoms with Crippen molar-refractivity contribution in [3.05, 3.63) is 40.8 Å². The van der Waals surface area contributed by atoms with E-state index in [0.29, 0.717) is 5.75 Å². The number of phenolic OH excluding ortho intramolecular Hbond substituents is 1. The fourth-order valence-electron chi connectivity index (χ4n) is 2.93. The quantitative estimate of drug-likeness (QED) is 0.639. The molecule has 3 rings (SSSR count). The van der Waals surface area contributed by atoms with Gasteiger partial charge in [-0.15, -0.1) is 11.3 Å².